The average Bonchev–Trinajstić information content (AvgIpc) is 2.61. The van der Waals surface area contributed by atoms with Gasteiger partial charge in [0.25, 0.3) is 0 Å². The molecule has 0 heterocycles. The van der Waals surface area contributed by atoms with Crippen molar-refractivity contribution in [2.75, 3.05) is 7.05 Å². The van der Waals surface area contributed by atoms with E-state index in [0.717, 1.165) is 37.7 Å². The Bertz CT molecular complexity index is 819. The molecule has 0 atom stereocenters. The fraction of sp³-hybridized carbons (Fsp3) is 0.545. The number of hydrogen-bond donors (Lipinski definition) is 3. The van der Waals surface area contributed by atoms with Crippen LogP contribution in [0, 0.1) is 0 Å². The lowest BCUT2D eigenvalue weighted by Crippen LogP contribution is -2.21. The van der Waals surface area contributed by atoms with Gasteiger partial charge in [0.05, 0.1) is 0 Å². The molecule has 158 valence electrons. The molecule has 0 radical (unpaired) electrons. The zero-order valence-corrected chi connectivity index (χ0v) is 18.6. The first-order chi connectivity index (χ1) is 13.1. The van der Waals surface area contributed by atoms with Gasteiger partial charge in [-0.1, -0.05) is 43.1 Å². The highest BCUT2D eigenvalue weighted by molar-refractivity contribution is 7.89. The highest BCUT2D eigenvalue weighted by Crippen LogP contribution is 2.38. The second-order valence-corrected chi connectivity index (χ2v) is 9.27. The van der Waals surface area contributed by atoms with Crippen molar-refractivity contribution in [2.24, 2.45) is 0 Å². The smallest absolute Gasteiger partial charge is 0.244 e. The van der Waals surface area contributed by atoms with Crippen LogP contribution in [0.4, 0.5) is 0 Å². The SMILES string of the molecule is CCCCCc1cc(O)c(C/C=C(\C)CCC=C(C)C)c(O)c1S(=O)(=O)NC. The van der Waals surface area contributed by atoms with Crippen LogP contribution in [0.25, 0.3) is 0 Å². The zero-order valence-electron chi connectivity index (χ0n) is 17.8. The van der Waals surface area contributed by atoms with E-state index in [4.69, 9.17) is 0 Å². The second kappa shape index (κ2) is 11.3. The van der Waals surface area contributed by atoms with Crippen LogP contribution < -0.4 is 4.72 Å². The molecule has 0 saturated carbocycles. The lowest BCUT2D eigenvalue weighted by atomic mass is 10.00. The van der Waals surface area contributed by atoms with Crippen molar-refractivity contribution in [1.82, 2.24) is 4.72 Å². The third-order valence-electron chi connectivity index (χ3n) is 4.75. The molecule has 3 N–H and O–H groups in total. The van der Waals surface area contributed by atoms with E-state index in [1.165, 1.54) is 18.7 Å². The van der Waals surface area contributed by atoms with E-state index in [2.05, 4.69) is 31.6 Å². The Morgan fingerprint density at radius 2 is 1.82 bits per heavy atom. The highest BCUT2D eigenvalue weighted by atomic mass is 32.2. The molecule has 0 aromatic heterocycles. The molecule has 0 aliphatic heterocycles. The monoisotopic (exact) mass is 409 g/mol. The summed E-state index contributed by atoms with van der Waals surface area (Å²) in [5, 5.41) is 21.2. The third kappa shape index (κ3) is 6.99. The molecule has 0 amide bonds. The number of benzene rings is 1. The molecule has 1 aromatic carbocycles. The molecule has 0 bridgehead atoms. The molecular formula is C22H35NO4S. The van der Waals surface area contributed by atoms with Crippen molar-refractivity contribution in [1.29, 1.82) is 0 Å². The maximum Gasteiger partial charge on any atom is 0.244 e. The summed E-state index contributed by atoms with van der Waals surface area (Å²) in [4.78, 5) is -0.116. The Kier molecular flexibility index (Phi) is 9.76. The van der Waals surface area contributed by atoms with Crippen LogP contribution in [0.1, 0.15) is 70.9 Å². The first-order valence-electron chi connectivity index (χ1n) is 9.93. The molecule has 0 aliphatic carbocycles. The van der Waals surface area contributed by atoms with Gasteiger partial charge in [0.1, 0.15) is 16.4 Å². The quantitative estimate of drug-likeness (QED) is 0.355. The van der Waals surface area contributed by atoms with Gasteiger partial charge < -0.3 is 10.2 Å². The maximum atomic E-state index is 12.5. The first-order valence-corrected chi connectivity index (χ1v) is 11.4. The minimum Gasteiger partial charge on any atom is -0.508 e. The van der Waals surface area contributed by atoms with E-state index in [1.807, 2.05) is 13.0 Å². The minimum atomic E-state index is -3.84. The van der Waals surface area contributed by atoms with Gasteiger partial charge in [-0.2, -0.15) is 0 Å². The van der Waals surface area contributed by atoms with Crippen LogP contribution in [0.2, 0.25) is 0 Å². The number of unbranched alkanes of at least 4 members (excludes halogenated alkanes) is 2. The summed E-state index contributed by atoms with van der Waals surface area (Å²) in [6, 6.07) is 1.49. The standard InChI is InChI=1S/C22H35NO4S/c1-6-7-8-12-18-15-20(24)19(21(25)22(18)28(26,27)23-5)14-13-17(4)11-9-10-16(2)3/h10,13,15,23-25H,6-9,11-12,14H2,1-5H3/b17-13+. The summed E-state index contributed by atoms with van der Waals surface area (Å²) in [7, 11) is -2.51. The van der Waals surface area contributed by atoms with Crippen molar-refractivity contribution in [3.05, 3.63) is 40.5 Å². The van der Waals surface area contributed by atoms with E-state index in [9.17, 15) is 18.6 Å². The van der Waals surface area contributed by atoms with Gasteiger partial charge in [0, 0.05) is 5.56 Å². The van der Waals surface area contributed by atoms with Crippen LogP contribution in [-0.4, -0.2) is 25.7 Å². The number of aromatic hydroxyl groups is 2. The molecule has 0 unspecified atom stereocenters. The van der Waals surface area contributed by atoms with E-state index in [-0.39, 0.29) is 28.4 Å². The number of rotatable bonds is 11. The molecule has 5 nitrogen and oxygen atoms in total. The number of aryl methyl sites for hydroxylation is 1. The number of nitrogens with one attached hydrogen (secondary N) is 1. The predicted octanol–water partition coefficient (Wildman–Crippen LogP) is 4.97. The van der Waals surface area contributed by atoms with Gasteiger partial charge in [-0.25, -0.2) is 13.1 Å². The van der Waals surface area contributed by atoms with Crippen molar-refractivity contribution in [3.8, 4) is 11.5 Å². The summed E-state index contributed by atoms with van der Waals surface area (Å²) >= 11 is 0. The topological polar surface area (TPSA) is 86.6 Å². The van der Waals surface area contributed by atoms with Crippen LogP contribution in [0.3, 0.4) is 0 Å². The van der Waals surface area contributed by atoms with Crippen molar-refractivity contribution < 1.29 is 18.6 Å². The van der Waals surface area contributed by atoms with E-state index in [0.29, 0.717) is 12.0 Å². The fourth-order valence-corrected chi connectivity index (χ4v) is 4.14. The summed E-state index contributed by atoms with van der Waals surface area (Å²) in [5.74, 6) is -0.415. The summed E-state index contributed by atoms with van der Waals surface area (Å²) in [6.45, 7) is 8.18. The van der Waals surface area contributed by atoms with Gasteiger partial charge in [0.2, 0.25) is 10.0 Å². The number of phenols is 2. The Labute approximate surface area is 170 Å². The Hall–Kier alpha value is -1.79. The predicted molar refractivity (Wildman–Crippen MR) is 115 cm³/mol. The Balaban J connectivity index is 3.23. The molecular weight excluding hydrogens is 374 g/mol. The molecule has 0 fully saturated rings. The molecule has 1 rings (SSSR count). The largest absolute Gasteiger partial charge is 0.508 e. The number of phenolic OH excluding ortho intramolecular Hbond substituents is 2. The van der Waals surface area contributed by atoms with Crippen LogP contribution in [0.15, 0.2) is 34.3 Å². The number of hydrogen-bond acceptors (Lipinski definition) is 4. The summed E-state index contributed by atoms with van der Waals surface area (Å²) in [5.41, 5.74) is 3.09. The molecule has 28 heavy (non-hydrogen) atoms. The molecule has 0 saturated heterocycles. The average molecular weight is 410 g/mol. The van der Waals surface area contributed by atoms with E-state index < -0.39 is 10.0 Å². The van der Waals surface area contributed by atoms with E-state index in [1.54, 1.807) is 0 Å². The van der Waals surface area contributed by atoms with Crippen LogP contribution in [0.5, 0.6) is 11.5 Å². The lowest BCUT2D eigenvalue weighted by Gasteiger charge is -2.16. The van der Waals surface area contributed by atoms with Gasteiger partial charge in [0.15, 0.2) is 0 Å². The zero-order chi connectivity index (χ0) is 21.3. The highest BCUT2D eigenvalue weighted by Gasteiger charge is 2.25. The summed E-state index contributed by atoms with van der Waals surface area (Å²) < 4.78 is 27.3. The molecule has 1 aromatic rings. The molecule has 6 heteroatoms. The Morgan fingerprint density at radius 3 is 2.39 bits per heavy atom. The van der Waals surface area contributed by atoms with Gasteiger partial charge in [-0.15, -0.1) is 0 Å². The van der Waals surface area contributed by atoms with Gasteiger partial charge >= 0.3 is 0 Å². The van der Waals surface area contributed by atoms with Gasteiger partial charge in [-0.05, 0) is 71.6 Å². The lowest BCUT2D eigenvalue weighted by molar-refractivity contribution is 0.427. The Morgan fingerprint density at radius 1 is 1.14 bits per heavy atom. The summed E-state index contributed by atoms with van der Waals surface area (Å²) in [6.07, 6.45) is 9.42. The van der Waals surface area contributed by atoms with Crippen LogP contribution >= 0.6 is 0 Å². The van der Waals surface area contributed by atoms with Gasteiger partial charge in [-0.3, -0.25) is 0 Å². The second-order valence-electron chi connectivity index (χ2n) is 7.45. The fourth-order valence-electron chi connectivity index (χ4n) is 3.05. The van der Waals surface area contributed by atoms with Crippen molar-refractivity contribution >= 4 is 10.0 Å². The van der Waals surface area contributed by atoms with Crippen molar-refractivity contribution in [3.63, 3.8) is 0 Å². The van der Waals surface area contributed by atoms with E-state index >= 15 is 0 Å². The van der Waals surface area contributed by atoms with Crippen molar-refractivity contribution in [2.45, 2.75) is 77.5 Å². The number of allylic oxidation sites excluding steroid dienone is 4. The normalized spacial score (nSPS) is 12.2. The molecule has 0 aliphatic rings. The minimum absolute atomic E-state index is 0.0626. The first kappa shape index (κ1) is 24.2. The third-order valence-corrected chi connectivity index (χ3v) is 6.28. The maximum absolute atomic E-state index is 12.5. The number of sulfonamides is 1. The van der Waals surface area contributed by atoms with Crippen LogP contribution in [-0.2, 0) is 22.9 Å². The molecule has 0 spiro atoms.